The first-order valence-electron chi connectivity index (χ1n) is 11.8. The summed E-state index contributed by atoms with van der Waals surface area (Å²) in [5, 5.41) is 7.43. The van der Waals surface area contributed by atoms with Crippen LogP contribution in [0.3, 0.4) is 0 Å². The Labute approximate surface area is 198 Å². The van der Waals surface area contributed by atoms with Crippen LogP contribution in [-0.2, 0) is 7.05 Å². The Bertz CT molecular complexity index is 1800. The molecule has 0 unspecified atom stereocenters. The predicted molar refractivity (Wildman–Crippen MR) is 141 cm³/mol. The Morgan fingerprint density at radius 2 is 1.41 bits per heavy atom. The van der Waals surface area contributed by atoms with Crippen molar-refractivity contribution in [1.29, 1.82) is 0 Å². The molecule has 162 valence electrons. The molecule has 1 aliphatic rings. The molecule has 0 N–H and O–H groups in total. The van der Waals surface area contributed by atoms with Crippen LogP contribution in [-0.4, -0.2) is 0 Å². The fourth-order valence-electron chi connectivity index (χ4n) is 5.83. The molecule has 5 aromatic carbocycles. The third-order valence-corrected chi connectivity index (χ3v) is 7.43. The molecule has 0 aliphatic carbocycles. The van der Waals surface area contributed by atoms with E-state index in [9.17, 15) is 0 Å². The maximum Gasteiger partial charge on any atom is 0.228 e. The van der Waals surface area contributed by atoms with E-state index in [-0.39, 0.29) is 0 Å². The zero-order valence-corrected chi connectivity index (χ0v) is 19.5. The number of aryl methyl sites for hydroxylation is 3. The van der Waals surface area contributed by atoms with Crippen molar-refractivity contribution in [3.05, 3.63) is 102 Å². The van der Waals surface area contributed by atoms with Gasteiger partial charge in [0.1, 0.15) is 18.5 Å². The molecular formula is C32H24NO+. The lowest BCUT2D eigenvalue weighted by atomic mass is 9.87. The molecule has 2 heterocycles. The molecule has 34 heavy (non-hydrogen) atoms. The Balaban J connectivity index is 1.68. The Hall–Kier alpha value is -4.17. The number of hydrogen-bond acceptors (Lipinski definition) is 1. The van der Waals surface area contributed by atoms with Gasteiger partial charge in [-0.05, 0) is 58.1 Å². The summed E-state index contributed by atoms with van der Waals surface area (Å²) in [6, 6.07) is 30.4. The van der Waals surface area contributed by atoms with Crippen molar-refractivity contribution < 1.29 is 9.30 Å². The topological polar surface area (TPSA) is 13.1 Å². The summed E-state index contributed by atoms with van der Waals surface area (Å²) >= 11 is 0. The molecule has 2 nitrogen and oxygen atoms in total. The quantitative estimate of drug-likeness (QED) is 0.187. The summed E-state index contributed by atoms with van der Waals surface area (Å²) in [6.07, 6.45) is 2.20. The van der Waals surface area contributed by atoms with Gasteiger partial charge in [-0.15, -0.1) is 0 Å². The second-order valence-electron chi connectivity index (χ2n) is 9.31. The third-order valence-electron chi connectivity index (χ3n) is 7.43. The lowest BCUT2D eigenvalue weighted by Crippen LogP contribution is -2.32. The van der Waals surface area contributed by atoms with Crippen LogP contribution in [0.1, 0.15) is 11.1 Å². The minimum atomic E-state index is 0.934. The SMILES string of the molecule is Cc1c2c(c(C)c3ccccc13)-c1c3c(cc4cccc(-c5ccccc5)c4c3cc[n+]1C)O2. The van der Waals surface area contributed by atoms with E-state index in [1.807, 2.05) is 0 Å². The van der Waals surface area contributed by atoms with Gasteiger partial charge in [-0.3, -0.25) is 0 Å². The van der Waals surface area contributed by atoms with Gasteiger partial charge in [0.05, 0.1) is 10.9 Å². The van der Waals surface area contributed by atoms with Crippen LogP contribution in [0.4, 0.5) is 0 Å². The summed E-state index contributed by atoms with van der Waals surface area (Å²) < 4.78 is 9.02. The summed E-state index contributed by atoms with van der Waals surface area (Å²) in [4.78, 5) is 0. The van der Waals surface area contributed by atoms with Gasteiger partial charge in [-0.2, -0.15) is 0 Å². The molecular weight excluding hydrogens is 414 g/mol. The van der Waals surface area contributed by atoms with Gasteiger partial charge in [0.25, 0.3) is 0 Å². The molecule has 1 aromatic heterocycles. The normalized spacial score (nSPS) is 12.2. The Morgan fingerprint density at radius 1 is 0.676 bits per heavy atom. The van der Waals surface area contributed by atoms with Crippen molar-refractivity contribution in [3.8, 4) is 33.9 Å². The van der Waals surface area contributed by atoms with Crippen LogP contribution in [0.15, 0.2) is 91.1 Å². The second kappa shape index (κ2) is 6.91. The van der Waals surface area contributed by atoms with Gasteiger partial charge >= 0.3 is 0 Å². The maximum absolute atomic E-state index is 6.76. The third kappa shape index (κ3) is 2.48. The second-order valence-corrected chi connectivity index (χ2v) is 9.31. The Morgan fingerprint density at radius 3 is 2.21 bits per heavy atom. The first-order valence-corrected chi connectivity index (χ1v) is 11.8. The highest BCUT2D eigenvalue weighted by Gasteiger charge is 2.32. The monoisotopic (exact) mass is 438 g/mol. The van der Waals surface area contributed by atoms with Gasteiger partial charge in [0, 0.05) is 17.0 Å². The van der Waals surface area contributed by atoms with E-state index in [0.29, 0.717) is 0 Å². The average molecular weight is 439 g/mol. The molecule has 0 atom stereocenters. The standard InChI is InChI=1S/C32H24NO/c1-19-23-13-7-8-14-24(23)20(2)32-28(19)31-30-26(16-17-33(31)3)29-22(18-27(30)34-32)12-9-15-25(29)21-10-5-4-6-11-21/h4-18H,1-3H3/q+1. The van der Waals surface area contributed by atoms with Gasteiger partial charge in [0.15, 0.2) is 6.20 Å². The largest absolute Gasteiger partial charge is 0.455 e. The molecule has 0 saturated heterocycles. The minimum absolute atomic E-state index is 0.934. The predicted octanol–water partition coefficient (Wildman–Crippen LogP) is 8.03. The van der Waals surface area contributed by atoms with E-state index < -0.39 is 0 Å². The molecule has 7 rings (SSSR count). The van der Waals surface area contributed by atoms with Crippen molar-refractivity contribution in [2.45, 2.75) is 13.8 Å². The lowest BCUT2D eigenvalue weighted by Gasteiger charge is -2.25. The molecule has 0 bridgehead atoms. The van der Waals surface area contributed by atoms with Crippen molar-refractivity contribution in [3.63, 3.8) is 0 Å². The minimum Gasteiger partial charge on any atom is -0.455 e. The van der Waals surface area contributed by atoms with Crippen LogP contribution >= 0.6 is 0 Å². The van der Waals surface area contributed by atoms with Gasteiger partial charge < -0.3 is 4.74 Å². The number of hydrogen-bond donors (Lipinski definition) is 0. The first-order chi connectivity index (χ1) is 16.6. The molecule has 0 amide bonds. The number of benzene rings is 5. The fraction of sp³-hybridized carbons (Fsp3) is 0.0938. The van der Waals surface area contributed by atoms with Crippen molar-refractivity contribution in [2.24, 2.45) is 7.05 Å². The molecule has 1 aliphatic heterocycles. The van der Waals surface area contributed by atoms with E-state index >= 15 is 0 Å². The van der Waals surface area contributed by atoms with Gasteiger partial charge in [0.2, 0.25) is 5.69 Å². The van der Waals surface area contributed by atoms with Crippen LogP contribution in [0.2, 0.25) is 0 Å². The zero-order chi connectivity index (χ0) is 23.0. The van der Waals surface area contributed by atoms with Crippen LogP contribution in [0.25, 0.3) is 54.7 Å². The van der Waals surface area contributed by atoms with E-state index in [1.165, 1.54) is 65.8 Å². The smallest absolute Gasteiger partial charge is 0.228 e. The van der Waals surface area contributed by atoms with E-state index in [2.05, 4.69) is 117 Å². The molecule has 2 heteroatoms. The van der Waals surface area contributed by atoms with Crippen LogP contribution < -0.4 is 9.30 Å². The zero-order valence-electron chi connectivity index (χ0n) is 19.5. The number of pyridine rings is 1. The molecule has 0 fully saturated rings. The first kappa shape index (κ1) is 19.3. The lowest BCUT2D eigenvalue weighted by molar-refractivity contribution is -0.659. The Kier molecular flexibility index (Phi) is 3.93. The number of nitrogens with zero attached hydrogens (tertiary/aromatic N) is 1. The van der Waals surface area contributed by atoms with E-state index in [1.54, 1.807) is 0 Å². The molecule has 0 saturated carbocycles. The molecule has 0 spiro atoms. The maximum atomic E-state index is 6.76. The molecule has 0 radical (unpaired) electrons. The number of ether oxygens (including phenoxy) is 1. The average Bonchev–Trinajstić information content (AvgIpc) is 2.88. The van der Waals surface area contributed by atoms with Crippen LogP contribution in [0, 0.1) is 13.8 Å². The number of rotatable bonds is 1. The van der Waals surface area contributed by atoms with Crippen molar-refractivity contribution in [2.75, 3.05) is 0 Å². The van der Waals surface area contributed by atoms with Crippen LogP contribution in [0.5, 0.6) is 11.5 Å². The number of aromatic nitrogens is 1. The fourth-order valence-corrected chi connectivity index (χ4v) is 5.83. The van der Waals surface area contributed by atoms with Crippen molar-refractivity contribution in [1.82, 2.24) is 0 Å². The molecule has 6 aromatic rings. The number of fused-ring (bicyclic) bond motifs is 5. The van der Waals surface area contributed by atoms with Crippen molar-refractivity contribution >= 4 is 32.3 Å². The highest BCUT2D eigenvalue weighted by molar-refractivity contribution is 6.20. The van der Waals surface area contributed by atoms with E-state index in [0.717, 1.165) is 11.5 Å². The summed E-state index contributed by atoms with van der Waals surface area (Å²) in [5.74, 6) is 1.91. The van der Waals surface area contributed by atoms with Gasteiger partial charge in [-0.1, -0.05) is 72.8 Å². The summed E-state index contributed by atoms with van der Waals surface area (Å²) in [5.41, 5.74) is 7.37. The van der Waals surface area contributed by atoms with Gasteiger partial charge in [-0.25, -0.2) is 4.57 Å². The summed E-state index contributed by atoms with van der Waals surface area (Å²) in [7, 11) is 2.14. The highest BCUT2D eigenvalue weighted by atomic mass is 16.5. The summed E-state index contributed by atoms with van der Waals surface area (Å²) in [6.45, 7) is 4.41. The van der Waals surface area contributed by atoms with E-state index in [4.69, 9.17) is 4.74 Å². The highest BCUT2D eigenvalue weighted by Crippen LogP contribution is 2.52.